The summed E-state index contributed by atoms with van der Waals surface area (Å²) in [5, 5.41) is 12.3. The molecule has 1 aliphatic heterocycles. The second kappa shape index (κ2) is 2.30. The van der Waals surface area contributed by atoms with E-state index in [1.54, 1.807) is 0 Å². The van der Waals surface area contributed by atoms with E-state index in [1.165, 1.54) is 10.7 Å². The van der Waals surface area contributed by atoms with Gasteiger partial charge in [-0.2, -0.15) is 5.10 Å². The molecule has 1 aromatic heterocycles. The number of hydrogen-bond donors (Lipinski definition) is 1. The molecule has 1 aliphatic rings. The van der Waals surface area contributed by atoms with Crippen LogP contribution in [0.25, 0.3) is 0 Å². The lowest BCUT2D eigenvalue weighted by Gasteiger charge is -1.93. The van der Waals surface area contributed by atoms with Crippen molar-refractivity contribution >= 4 is 5.97 Å². The molecule has 0 aromatic carbocycles. The van der Waals surface area contributed by atoms with E-state index in [0.717, 1.165) is 0 Å². The minimum absolute atomic E-state index is 0.00287. The molecule has 0 bridgehead atoms. The SMILES string of the molecule is O=C(O)c1cc2n(n1)C[C@H](F)C2. The molecule has 4 nitrogen and oxygen atoms in total. The minimum atomic E-state index is -1.06. The highest BCUT2D eigenvalue weighted by molar-refractivity contribution is 5.85. The average molecular weight is 170 g/mol. The van der Waals surface area contributed by atoms with E-state index in [4.69, 9.17) is 5.11 Å². The second-order valence-electron chi connectivity index (χ2n) is 2.81. The molecular weight excluding hydrogens is 163 g/mol. The Kier molecular flexibility index (Phi) is 1.39. The van der Waals surface area contributed by atoms with E-state index < -0.39 is 12.1 Å². The predicted molar refractivity (Wildman–Crippen MR) is 37.8 cm³/mol. The highest BCUT2D eigenvalue weighted by Crippen LogP contribution is 2.17. The predicted octanol–water partition coefficient (Wildman–Crippen LogP) is 0.475. The van der Waals surface area contributed by atoms with Crippen LogP contribution in [0.5, 0.6) is 0 Å². The zero-order valence-electron chi connectivity index (χ0n) is 6.20. The number of fused-ring (bicyclic) bond motifs is 1. The first kappa shape index (κ1) is 7.27. The first-order chi connectivity index (χ1) is 5.66. The molecule has 64 valence electrons. The number of carboxylic acids is 1. The molecule has 0 amide bonds. The number of nitrogens with zero attached hydrogens (tertiary/aromatic N) is 2. The Morgan fingerprint density at radius 2 is 2.58 bits per heavy atom. The van der Waals surface area contributed by atoms with Crippen LogP contribution in [0.3, 0.4) is 0 Å². The largest absolute Gasteiger partial charge is 0.476 e. The number of alkyl halides is 1. The van der Waals surface area contributed by atoms with Gasteiger partial charge >= 0.3 is 5.97 Å². The van der Waals surface area contributed by atoms with Gasteiger partial charge in [0.05, 0.1) is 6.54 Å². The van der Waals surface area contributed by atoms with Crippen molar-refractivity contribution in [3.8, 4) is 0 Å². The van der Waals surface area contributed by atoms with Crippen molar-refractivity contribution in [3.63, 3.8) is 0 Å². The molecule has 0 fully saturated rings. The third-order valence-electron chi connectivity index (χ3n) is 1.88. The van der Waals surface area contributed by atoms with Crippen LogP contribution in [0.4, 0.5) is 4.39 Å². The number of rotatable bonds is 1. The number of carbonyl (C=O) groups is 1. The van der Waals surface area contributed by atoms with E-state index in [-0.39, 0.29) is 18.7 Å². The van der Waals surface area contributed by atoms with Gasteiger partial charge in [0.2, 0.25) is 0 Å². The molecule has 0 saturated heterocycles. The van der Waals surface area contributed by atoms with Crippen molar-refractivity contribution in [2.75, 3.05) is 0 Å². The maximum absolute atomic E-state index is 12.7. The van der Waals surface area contributed by atoms with E-state index in [9.17, 15) is 9.18 Å². The van der Waals surface area contributed by atoms with Gasteiger partial charge in [-0.1, -0.05) is 0 Å². The van der Waals surface area contributed by atoms with Gasteiger partial charge in [0, 0.05) is 12.1 Å². The smallest absolute Gasteiger partial charge is 0.356 e. The molecule has 2 rings (SSSR count). The highest BCUT2D eigenvalue weighted by Gasteiger charge is 2.24. The maximum Gasteiger partial charge on any atom is 0.356 e. The number of carboxylic acid groups (broad SMARTS) is 1. The van der Waals surface area contributed by atoms with Crippen LogP contribution in [-0.2, 0) is 13.0 Å². The van der Waals surface area contributed by atoms with Crippen molar-refractivity contribution in [1.82, 2.24) is 9.78 Å². The molecule has 1 atom stereocenters. The molecule has 0 unspecified atom stereocenters. The molecule has 1 aromatic rings. The Morgan fingerprint density at radius 3 is 3.17 bits per heavy atom. The topological polar surface area (TPSA) is 55.1 Å². The lowest BCUT2D eigenvalue weighted by molar-refractivity contribution is 0.0689. The molecule has 0 saturated carbocycles. The van der Waals surface area contributed by atoms with Crippen LogP contribution in [-0.4, -0.2) is 27.0 Å². The van der Waals surface area contributed by atoms with Gasteiger partial charge in [-0.25, -0.2) is 9.18 Å². The highest BCUT2D eigenvalue weighted by atomic mass is 19.1. The molecule has 1 N–H and O–H groups in total. The summed E-state index contributed by atoms with van der Waals surface area (Å²) in [6, 6.07) is 1.42. The van der Waals surface area contributed by atoms with Crippen LogP contribution in [0.2, 0.25) is 0 Å². The van der Waals surface area contributed by atoms with Gasteiger partial charge < -0.3 is 5.11 Å². The van der Waals surface area contributed by atoms with Crippen LogP contribution in [0, 0.1) is 0 Å². The zero-order chi connectivity index (χ0) is 8.72. The Balaban J connectivity index is 2.34. The monoisotopic (exact) mass is 170 g/mol. The first-order valence-corrected chi connectivity index (χ1v) is 3.61. The molecule has 0 aliphatic carbocycles. The summed E-state index contributed by atoms with van der Waals surface area (Å²) in [7, 11) is 0. The van der Waals surface area contributed by atoms with Crippen molar-refractivity contribution in [1.29, 1.82) is 0 Å². The normalized spacial score (nSPS) is 20.9. The van der Waals surface area contributed by atoms with E-state index in [2.05, 4.69) is 5.10 Å². The Hall–Kier alpha value is -1.39. The third-order valence-corrected chi connectivity index (χ3v) is 1.88. The molecule has 5 heteroatoms. The number of aromatic carboxylic acids is 1. The van der Waals surface area contributed by atoms with Crippen LogP contribution in [0.1, 0.15) is 16.2 Å². The van der Waals surface area contributed by atoms with Gasteiger partial charge in [-0.15, -0.1) is 0 Å². The summed E-state index contributed by atoms with van der Waals surface area (Å²) in [5.74, 6) is -1.06. The Labute approximate surface area is 67.6 Å². The number of hydrogen-bond acceptors (Lipinski definition) is 2. The summed E-state index contributed by atoms with van der Waals surface area (Å²) < 4.78 is 14.1. The average Bonchev–Trinajstić information content (AvgIpc) is 2.42. The molecular formula is C7H7FN2O2. The van der Waals surface area contributed by atoms with Gasteiger partial charge in [0.25, 0.3) is 0 Å². The van der Waals surface area contributed by atoms with Crippen molar-refractivity contribution < 1.29 is 14.3 Å². The third kappa shape index (κ3) is 0.975. The lowest BCUT2D eigenvalue weighted by atomic mass is 10.2. The van der Waals surface area contributed by atoms with E-state index >= 15 is 0 Å². The maximum atomic E-state index is 12.7. The van der Waals surface area contributed by atoms with E-state index in [1.807, 2.05) is 0 Å². The quantitative estimate of drug-likeness (QED) is 0.666. The molecule has 0 radical (unpaired) electrons. The van der Waals surface area contributed by atoms with Crippen molar-refractivity contribution in [2.24, 2.45) is 0 Å². The summed E-state index contributed by atoms with van der Waals surface area (Å²) in [4.78, 5) is 10.4. The van der Waals surface area contributed by atoms with E-state index in [0.29, 0.717) is 5.69 Å². The van der Waals surface area contributed by atoms with Gasteiger partial charge in [-0.3, -0.25) is 4.68 Å². The van der Waals surface area contributed by atoms with Crippen molar-refractivity contribution in [2.45, 2.75) is 19.1 Å². The van der Waals surface area contributed by atoms with Crippen LogP contribution >= 0.6 is 0 Å². The molecule has 12 heavy (non-hydrogen) atoms. The second-order valence-corrected chi connectivity index (χ2v) is 2.81. The Bertz CT molecular complexity index is 311. The van der Waals surface area contributed by atoms with Crippen molar-refractivity contribution in [3.05, 3.63) is 17.5 Å². The van der Waals surface area contributed by atoms with Crippen LogP contribution in [0.15, 0.2) is 6.07 Å². The minimum Gasteiger partial charge on any atom is -0.476 e. The van der Waals surface area contributed by atoms with Gasteiger partial charge in [0.15, 0.2) is 5.69 Å². The summed E-state index contributed by atoms with van der Waals surface area (Å²) in [5.41, 5.74) is 0.664. The standard InChI is InChI=1S/C7H7FN2O2/c8-4-1-5-2-6(7(11)12)9-10(5)3-4/h2,4H,1,3H2,(H,11,12)/t4-/m1/s1. The number of halogens is 1. The first-order valence-electron chi connectivity index (χ1n) is 3.61. The molecule has 0 spiro atoms. The molecule has 2 heterocycles. The van der Waals surface area contributed by atoms with Gasteiger partial charge in [0.1, 0.15) is 6.17 Å². The lowest BCUT2D eigenvalue weighted by Crippen LogP contribution is -2.06. The zero-order valence-corrected chi connectivity index (χ0v) is 6.20. The van der Waals surface area contributed by atoms with Crippen LogP contribution < -0.4 is 0 Å². The summed E-state index contributed by atoms with van der Waals surface area (Å²) in [6.45, 7) is 0.183. The van der Waals surface area contributed by atoms with Gasteiger partial charge in [-0.05, 0) is 6.07 Å². The number of aromatic nitrogens is 2. The fraction of sp³-hybridized carbons (Fsp3) is 0.429. The summed E-state index contributed by atoms with van der Waals surface area (Å²) >= 11 is 0. The Morgan fingerprint density at radius 1 is 1.83 bits per heavy atom. The fourth-order valence-electron chi connectivity index (χ4n) is 1.36. The fourth-order valence-corrected chi connectivity index (χ4v) is 1.36. The summed E-state index contributed by atoms with van der Waals surface area (Å²) in [6.07, 6.45) is -0.629.